The van der Waals surface area contributed by atoms with Crippen molar-refractivity contribution < 1.29 is 9.84 Å². The number of phenolic OH excluding ortho intramolecular Hbond substituents is 1. The van der Waals surface area contributed by atoms with Gasteiger partial charge in [0.2, 0.25) is 0 Å². The number of benzene rings is 1. The van der Waals surface area contributed by atoms with E-state index in [0.717, 1.165) is 51.1 Å². The van der Waals surface area contributed by atoms with Gasteiger partial charge >= 0.3 is 0 Å². The number of phenols is 1. The fourth-order valence-electron chi connectivity index (χ4n) is 2.56. The summed E-state index contributed by atoms with van der Waals surface area (Å²) in [6.07, 6.45) is 1.72. The molecule has 0 saturated carbocycles. The number of rotatable bonds is 5. The minimum Gasteiger partial charge on any atom is -0.503 e. The number of nitrogens with zero attached hydrogens (tertiary/aromatic N) is 2. The van der Waals surface area contributed by atoms with E-state index in [1.165, 1.54) is 7.11 Å². The zero-order valence-electron chi connectivity index (χ0n) is 12.5. The van der Waals surface area contributed by atoms with Gasteiger partial charge in [-0.3, -0.25) is 0 Å². The topological polar surface area (TPSA) is 35.9 Å². The van der Waals surface area contributed by atoms with Crippen molar-refractivity contribution in [1.29, 1.82) is 0 Å². The molecule has 0 aromatic heterocycles. The number of halogens is 2. The van der Waals surface area contributed by atoms with Gasteiger partial charge in [0.1, 0.15) is 0 Å². The predicted molar refractivity (Wildman–Crippen MR) is 86.9 cm³/mol. The maximum atomic E-state index is 9.95. The van der Waals surface area contributed by atoms with Crippen molar-refractivity contribution in [3.63, 3.8) is 0 Å². The summed E-state index contributed by atoms with van der Waals surface area (Å²) >= 11 is 12.4. The Morgan fingerprint density at radius 1 is 1.24 bits per heavy atom. The number of hydrogen-bond donors (Lipinski definition) is 1. The van der Waals surface area contributed by atoms with Gasteiger partial charge in [0.25, 0.3) is 0 Å². The molecule has 4 nitrogen and oxygen atoms in total. The van der Waals surface area contributed by atoms with Crippen molar-refractivity contribution in [2.75, 3.05) is 46.9 Å². The zero-order chi connectivity index (χ0) is 15.4. The molecule has 0 amide bonds. The second-order valence-electron chi connectivity index (χ2n) is 5.45. The molecule has 1 saturated heterocycles. The van der Waals surface area contributed by atoms with Crippen LogP contribution in [0.1, 0.15) is 12.0 Å². The first-order valence-electron chi connectivity index (χ1n) is 7.17. The van der Waals surface area contributed by atoms with Crippen LogP contribution in [-0.4, -0.2) is 61.8 Å². The standard InChI is InChI=1S/C15H22Cl2N2O2/c1-18-6-8-19(9-7-18)5-3-4-11-12(16)10-13(21-2)15(20)14(11)17/h10,20H,3-9H2,1-2H3. The Morgan fingerprint density at radius 3 is 2.52 bits per heavy atom. The molecule has 118 valence electrons. The van der Waals surface area contributed by atoms with Crippen LogP contribution in [0.25, 0.3) is 0 Å². The summed E-state index contributed by atoms with van der Waals surface area (Å²) in [5.41, 5.74) is 0.797. The first-order valence-corrected chi connectivity index (χ1v) is 7.93. The van der Waals surface area contributed by atoms with E-state index in [4.69, 9.17) is 27.9 Å². The molecule has 1 aromatic carbocycles. The Morgan fingerprint density at radius 2 is 1.90 bits per heavy atom. The van der Waals surface area contributed by atoms with Gasteiger partial charge in [0, 0.05) is 37.3 Å². The lowest BCUT2D eigenvalue weighted by molar-refractivity contribution is 0.153. The molecular weight excluding hydrogens is 311 g/mol. The Labute approximate surface area is 136 Å². The van der Waals surface area contributed by atoms with Crippen LogP contribution >= 0.6 is 23.2 Å². The van der Waals surface area contributed by atoms with Crippen LogP contribution in [0.15, 0.2) is 6.07 Å². The Hall–Kier alpha value is -0.680. The Balaban J connectivity index is 1.93. The number of aromatic hydroxyl groups is 1. The minimum absolute atomic E-state index is 0.0295. The molecule has 0 spiro atoms. The molecule has 0 bridgehead atoms. The van der Waals surface area contributed by atoms with Crippen LogP contribution < -0.4 is 4.74 Å². The van der Waals surface area contributed by atoms with E-state index in [9.17, 15) is 5.11 Å². The lowest BCUT2D eigenvalue weighted by atomic mass is 10.1. The molecule has 6 heteroatoms. The number of hydrogen-bond acceptors (Lipinski definition) is 4. The summed E-state index contributed by atoms with van der Waals surface area (Å²) in [5.74, 6) is 0.283. The molecule has 0 unspecified atom stereocenters. The van der Waals surface area contributed by atoms with Crippen molar-refractivity contribution >= 4 is 23.2 Å². The summed E-state index contributed by atoms with van der Waals surface area (Å²) in [5, 5.41) is 10.8. The molecule has 0 atom stereocenters. The van der Waals surface area contributed by atoms with Gasteiger partial charge in [0.05, 0.1) is 12.1 Å². The summed E-state index contributed by atoms with van der Waals surface area (Å²) in [4.78, 5) is 4.79. The molecule has 2 rings (SSSR count). The van der Waals surface area contributed by atoms with Crippen LogP contribution in [0.5, 0.6) is 11.5 Å². The first-order chi connectivity index (χ1) is 10.0. The van der Waals surface area contributed by atoms with Crippen molar-refractivity contribution in [2.45, 2.75) is 12.8 Å². The van der Waals surface area contributed by atoms with Gasteiger partial charge < -0.3 is 19.6 Å². The van der Waals surface area contributed by atoms with Gasteiger partial charge in [-0.1, -0.05) is 23.2 Å². The van der Waals surface area contributed by atoms with E-state index in [0.29, 0.717) is 15.8 Å². The summed E-state index contributed by atoms with van der Waals surface area (Å²) in [6, 6.07) is 1.62. The third-order valence-electron chi connectivity index (χ3n) is 3.97. The molecule has 1 aliphatic rings. The number of ether oxygens (including phenoxy) is 1. The lowest BCUT2D eigenvalue weighted by Crippen LogP contribution is -2.44. The molecule has 21 heavy (non-hydrogen) atoms. The summed E-state index contributed by atoms with van der Waals surface area (Å²) in [6.45, 7) is 5.46. The third-order valence-corrected chi connectivity index (χ3v) is 4.71. The van der Waals surface area contributed by atoms with E-state index >= 15 is 0 Å². The van der Waals surface area contributed by atoms with Crippen LogP contribution in [0.4, 0.5) is 0 Å². The quantitative estimate of drug-likeness (QED) is 0.899. The van der Waals surface area contributed by atoms with Gasteiger partial charge in [-0.2, -0.15) is 0 Å². The van der Waals surface area contributed by atoms with E-state index in [1.807, 2.05) is 0 Å². The van der Waals surface area contributed by atoms with Crippen LogP contribution in [0.2, 0.25) is 10.0 Å². The molecule has 1 heterocycles. The number of methoxy groups -OCH3 is 1. The van der Waals surface area contributed by atoms with Crippen molar-refractivity contribution in [1.82, 2.24) is 9.80 Å². The van der Waals surface area contributed by atoms with Gasteiger partial charge in [0.15, 0.2) is 11.5 Å². The van der Waals surface area contributed by atoms with E-state index in [1.54, 1.807) is 6.07 Å². The van der Waals surface area contributed by atoms with Crippen molar-refractivity contribution in [3.05, 3.63) is 21.7 Å². The second-order valence-corrected chi connectivity index (χ2v) is 6.24. The van der Waals surface area contributed by atoms with Crippen molar-refractivity contribution in [3.8, 4) is 11.5 Å². The SMILES string of the molecule is COc1cc(Cl)c(CCCN2CCN(C)CC2)c(Cl)c1O. The predicted octanol–water partition coefficient (Wildman–Crippen LogP) is 2.89. The van der Waals surface area contributed by atoms with Crippen LogP contribution in [0, 0.1) is 0 Å². The highest BCUT2D eigenvalue weighted by Gasteiger charge is 2.17. The molecule has 0 aliphatic carbocycles. The Kier molecular flexibility index (Phi) is 5.99. The average molecular weight is 333 g/mol. The minimum atomic E-state index is -0.0295. The van der Waals surface area contributed by atoms with Crippen LogP contribution in [-0.2, 0) is 6.42 Å². The molecular formula is C15H22Cl2N2O2. The fraction of sp³-hybridized carbons (Fsp3) is 0.600. The highest BCUT2D eigenvalue weighted by Crippen LogP contribution is 2.41. The first kappa shape index (κ1) is 16.7. The maximum absolute atomic E-state index is 9.95. The highest BCUT2D eigenvalue weighted by atomic mass is 35.5. The van der Waals surface area contributed by atoms with Gasteiger partial charge in [-0.15, -0.1) is 0 Å². The van der Waals surface area contributed by atoms with Gasteiger partial charge in [-0.25, -0.2) is 0 Å². The zero-order valence-corrected chi connectivity index (χ0v) is 14.0. The maximum Gasteiger partial charge on any atom is 0.177 e. The lowest BCUT2D eigenvalue weighted by Gasteiger charge is -2.32. The molecule has 0 radical (unpaired) electrons. The normalized spacial score (nSPS) is 17.1. The second kappa shape index (κ2) is 7.54. The molecule has 1 aromatic rings. The van der Waals surface area contributed by atoms with E-state index < -0.39 is 0 Å². The molecule has 1 N–H and O–H groups in total. The largest absolute Gasteiger partial charge is 0.503 e. The van der Waals surface area contributed by atoms with Gasteiger partial charge in [-0.05, 0) is 32.0 Å². The van der Waals surface area contributed by atoms with E-state index in [2.05, 4.69) is 16.8 Å². The number of piperazine rings is 1. The number of likely N-dealkylation sites (N-methyl/N-ethyl adjacent to an activating group) is 1. The summed E-state index contributed by atoms with van der Waals surface area (Å²) in [7, 11) is 3.63. The monoisotopic (exact) mass is 332 g/mol. The third kappa shape index (κ3) is 4.16. The van der Waals surface area contributed by atoms with Crippen LogP contribution in [0.3, 0.4) is 0 Å². The molecule has 1 fully saturated rings. The smallest absolute Gasteiger partial charge is 0.177 e. The molecule has 1 aliphatic heterocycles. The highest BCUT2D eigenvalue weighted by molar-refractivity contribution is 6.37. The fourth-order valence-corrected chi connectivity index (χ4v) is 3.19. The summed E-state index contributed by atoms with van der Waals surface area (Å²) < 4.78 is 5.04. The Bertz CT molecular complexity index is 489. The average Bonchev–Trinajstić information content (AvgIpc) is 2.48. The van der Waals surface area contributed by atoms with Crippen molar-refractivity contribution in [2.24, 2.45) is 0 Å². The van der Waals surface area contributed by atoms with E-state index in [-0.39, 0.29) is 5.75 Å².